The molecule has 0 saturated carbocycles. The van der Waals surface area contributed by atoms with Crippen LogP contribution in [-0.4, -0.2) is 63.2 Å². The van der Waals surface area contributed by atoms with Crippen molar-refractivity contribution in [2.75, 3.05) is 53.0 Å². The molecule has 0 saturated heterocycles. The number of fused-ring (bicyclic) bond motifs is 2. The highest BCUT2D eigenvalue weighted by molar-refractivity contribution is 6.36. The van der Waals surface area contributed by atoms with Gasteiger partial charge in [-0.3, -0.25) is 14.4 Å². The molecule has 366 valence electrons. The number of nitrogen functional groups attached to an aromatic ring is 1. The van der Waals surface area contributed by atoms with Crippen LogP contribution in [0.2, 0.25) is 10.0 Å². The standard InChI is InChI=1S/C58H47Cl2N11O3/c1-71(2)27-9-18-53(72)66-36-22-19-34(20-23-36)57(73)67-39-12-8-11-38(30-39)65-52-31-44(54(60)56(70-52)46-33-63-50-17-6-4-15-42(46)50)43-28-35(21-25-48(43)61)58(74)68-40-13-7-10-37(29-40)64-51-26-24-47(59)55(69-51)45-32-62-49-16-5-3-14-41(45)49/h3-26,28-33,62-63H,27,61H2,1-2H3,(H,64,69)(H,65,70)(H,66,72)(H,67,73)(H,68,74). The van der Waals surface area contributed by atoms with Gasteiger partial charge in [-0.15, -0.1) is 0 Å². The van der Waals surface area contributed by atoms with E-state index in [1.807, 2.05) is 104 Å². The Labute approximate surface area is 435 Å². The Balaban J connectivity index is 0.892. The Morgan fingerprint density at radius 2 is 1.12 bits per heavy atom. The Bertz CT molecular complexity index is 3790. The molecule has 3 amide bonds. The predicted octanol–water partition coefficient (Wildman–Crippen LogP) is 13.4. The van der Waals surface area contributed by atoms with Crippen LogP contribution in [0.4, 0.5) is 45.8 Å². The van der Waals surface area contributed by atoms with E-state index in [1.54, 1.807) is 91.0 Å². The number of halogens is 2. The van der Waals surface area contributed by atoms with E-state index in [0.29, 0.717) is 96.0 Å². The van der Waals surface area contributed by atoms with Crippen LogP contribution < -0.4 is 32.3 Å². The van der Waals surface area contributed by atoms with E-state index in [2.05, 4.69) is 36.6 Å². The smallest absolute Gasteiger partial charge is 0.255 e. The van der Waals surface area contributed by atoms with Crippen molar-refractivity contribution in [2.45, 2.75) is 0 Å². The molecule has 16 heteroatoms. The molecule has 4 heterocycles. The molecular formula is C58H47Cl2N11O3. The maximum Gasteiger partial charge on any atom is 0.255 e. The summed E-state index contributed by atoms with van der Waals surface area (Å²) in [4.78, 5) is 58.2. The molecule has 0 bridgehead atoms. The van der Waals surface area contributed by atoms with Crippen molar-refractivity contribution in [2.24, 2.45) is 0 Å². The number of anilines is 8. The summed E-state index contributed by atoms with van der Waals surface area (Å²) >= 11 is 14.0. The highest BCUT2D eigenvalue weighted by Gasteiger charge is 2.21. The normalized spacial score (nSPS) is 11.3. The van der Waals surface area contributed by atoms with Gasteiger partial charge in [-0.25, -0.2) is 9.97 Å². The van der Waals surface area contributed by atoms with Gasteiger partial charge in [0.05, 0.1) is 21.4 Å². The maximum atomic E-state index is 14.1. The first-order valence-corrected chi connectivity index (χ1v) is 24.2. The van der Waals surface area contributed by atoms with Crippen molar-refractivity contribution in [1.82, 2.24) is 24.8 Å². The Kier molecular flexibility index (Phi) is 13.9. The number of para-hydroxylation sites is 2. The lowest BCUT2D eigenvalue weighted by molar-refractivity contribution is -0.111. The topological polar surface area (TPSA) is 198 Å². The molecule has 4 aromatic heterocycles. The molecule has 0 aliphatic rings. The number of carbonyl (C=O) groups is 3. The number of nitrogens with one attached hydrogen (secondary N) is 7. The van der Waals surface area contributed by atoms with Crippen molar-refractivity contribution in [3.8, 4) is 33.6 Å². The number of aromatic nitrogens is 4. The summed E-state index contributed by atoms with van der Waals surface area (Å²) < 4.78 is 0. The second-order valence-electron chi connectivity index (χ2n) is 17.6. The maximum absolute atomic E-state index is 14.1. The summed E-state index contributed by atoms with van der Waals surface area (Å²) in [6.45, 7) is 0.636. The number of nitrogens with zero attached hydrogens (tertiary/aromatic N) is 3. The fraction of sp³-hybridized carbons (Fsp3) is 0.0517. The highest BCUT2D eigenvalue weighted by atomic mass is 35.5. The van der Waals surface area contributed by atoms with Crippen molar-refractivity contribution in [3.63, 3.8) is 0 Å². The minimum atomic E-state index is -0.375. The number of likely N-dealkylation sites (N-methyl/N-ethyl adjacent to an activating group) is 1. The summed E-state index contributed by atoms with van der Waals surface area (Å²) in [6.07, 6.45) is 7.00. The molecule has 6 aromatic carbocycles. The van der Waals surface area contributed by atoms with E-state index in [0.717, 1.165) is 32.9 Å². The predicted molar refractivity (Wildman–Crippen MR) is 301 cm³/mol. The molecule has 10 aromatic rings. The van der Waals surface area contributed by atoms with Gasteiger partial charge in [-0.2, -0.15) is 0 Å². The Morgan fingerprint density at radius 3 is 1.77 bits per heavy atom. The monoisotopic (exact) mass is 1020 g/mol. The second-order valence-corrected chi connectivity index (χ2v) is 18.4. The third-order valence-electron chi connectivity index (χ3n) is 12.0. The average Bonchev–Trinajstić information content (AvgIpc) is 4.03. The number of aromatic amines is 2. The number of carbonyl (C=O) groups excluding carboxylic acids is 3. The molecular weight excluding hydrogens is 970 g/mol. The summed E-state index contributed by atoms with van der Waals surface area (Å²) in [5, 5.41) is 18.3. The van der Waals surface area contributed by atoms with Crippen LogP contribution in [0.3, 0.4) is 0 Å². The first kappa shape index (κ1) is 48.4. The Morgan fingerprint density at radius 1 is 0.554 bits per heavy atom. The van der Waals surface area contributed by atoms with Gasteiger partial charge >= 0.3 is 0 Å². The second kappa shape index (κ2) is 21.2. The molecule has 10 rings (SSSR count). The van der Waals surface area contributed by atoms with Gasteiger partial charge < -0.3 is 47.2 Å². The number of benzene rings is 6. The lowest BCUT2D eigenvalue weighted by atomic mass is 9.98. The first-order chi connectivity index (χ1) is 35.9. The molecule has 74 heavy (non-hydrogen) atoms. The summed E-state index contributed by atoms with van der Waals surface area (Å²) in [6, 6.07) is 47.4. The molecule has 0 fully saturated rings. The molecule has 0 unspecified atom stereocenters. The Hall–Kier alpha value is -9.21. The number of pyridine rings is 2. The van der Waals surface area contributed by atoms with E-state index in [-0.39, 0.29) is 17.7 Å². The summed E-state index contributed by atoms with van der Waals surface area (Å²) in [5.74, 6) is 0.0180. The van der Waals surface area contributed by atoms with Crippen LogP contribution >= 0.6 is 23.2 Å². The largest absolute Gasteiger partial charge is 0.398 e. The highest BCUT2D eigenvalue weighted by Crippen LogP contribution is 2.42. The van der Waals surface area contributed by atoms with E-state index in [9.17, 15) is 14.4 Å². The number of rotatable bonds is 15. The number of amides is 3. The van der Waals surface area contributed by atoms with Crippen LogP contribution in [0.25, 0.3) is 55.4 Å². The molecule has 0 atom stereocenters. The fourth-order valence-corrected chi connectivity index (χ4v) is 8.95. The number of nitrogens with two attached hydrogens (primary N) is 1. The molecule has 14 nitrogen and oxygen atoms in total. The number of hydrogen-bond donors (Lipinski definition) is 8. The van der Waals surface area contributed by atoms with Crippen molar-refractivity contribution in [1.29, 1.82) is 0 Å². The SMILES string of the molecule is CN(C)CC=CC(=O)Nc1ccc(C(=O)Nc2cccc(Nc3cc(-c4cc(C(=O)Nc5cccc(Nc6ccc(Cl)c(-c7c[nH]c8ccccc78)n6)c5)ccc4N)c(Cl)c(-c4c[nH]c5ccccc45)n3)c2)cc1. The minimum Gasteiger partial charge on any atom is -0.398 e. The summed E-state index contributed by atoms with van der Waals surface area (Å²) in [7, 11) is 3.84. The third kappa shape index (κ3) is 10.8. The molecule has 9 N–H and O–H groups in total. The quantitative estimate of drug-likeness (QED) is 0.0364. The van der Waals surface area contributed by atoms with Gasteiger partial charge in [0.25, 0.3) is 11.8 Å². The third-order valence-corrected chi connectivity index (χ3v) is 12.7. The lowest BCUT2D eigenvalue weighted by Crippen LogP contribution is -2.13. The van der Waals surface area contributed by atoms with Crippen molar-refractivity contribution < 1.29 is 14.4 Å². The minimum absolute atomic E-state index is 0.262. The zero-order chi connectivity index (χ0) is 51.3. The van der Waals surface area contributed by atoms with Gasteiger partial charge in [0.15, 0.2) is 0 Å². The first-order valence-electron chi connectivity index (χ1n) is 23.4. The average molecular weight is 1020 g/mol. The van der Waals surface area contributed by atoms with Gasteiger partial charge in [-0.05, 0) is 123 Å². The van der Waals surface area contributed by atoms with Crippen LogP contribution in [0.15, 0.2) is 182 Å². The number of hydrogen-bond acceptors (Lipinski definition) is 9. The zero-order valence-electron chi connectivity index (χ0n) is 39.9. The van der Waals surface area contributed by atoms with E-state index in [1.165, 1.54) is 6.08 Å². The lowest BCUT2D eigenvalue weighted by Gasteiger charge is -2.16. The van der Waals surface area contributed by atoms with Crippen LogP contribution in [-0.2, 0) is 4.79 Å². The van der Waals surface area contributed by atoms with Crippen LogP contribution in [0.1, 0.15) is 20.7 Å². The van der Waals surface area contributed by atoms with Crippen LogP contribution in [0, 0.1) is 0 Å². The molecule has 0 spiro atoms. The van der Waals surface area contributed by atoms with E-state index < -0.39 is 0 Å². The van der Waals surface area contributed by atoms with Gasteiger partial charge in [0.2, 0.25) is 5.91 Å². The summed E-state index contributed by atoms with van der Waals surface area (Å²) in [5.41, 5.74) is 16.4. The number of H-pyrrole nitrogens is 2. The zero-order valence-corrected chi connectivity index (χ0v) is 41.4. The van der Waals surface area contributed by atoms with Gasteiger partial charge in [0.1, 0.15) is 11.6 Å². The molecule has 0 aliphatic heterocycles. The van der Waals surface area contributed by atoms with Gasteiger partial charge in [-0.1, -0.05) is 77.8 Å². The van der Waals surface area contributed by atoms with E-state index in [4.69, 9.17) is 38.9 Å². The fourth-order valence-electron chi connectivity index (χ4n) is 8.45. The molecule has 0 radical (unpaired) electrons. The van der Waals surface area contributed by atoms with Gasteiger partial charge in [0, 0.05) is 114 Å². The molecule has 0 aliphatic carbocycles. The van der Waals surface area contributed by atoms with Crippen LogP contribution in [0.5, 0.6) is 0 Å². The van der Waals surface area contributed by atoms with Crippen molar-refractivity contribution in [3.05, 3.63) is 203 Å². The van der Waals surface area contributed by atoms with E-state index >= 15 is 0 Å². The van der Waals surface area contributed by atoms with Crippen molar-refractivity contribution >= 4 is 108 Å².